The van der Waals surface area contributed by atoms with Crippen LogP contribution < -0.4 is 11.1 Å². The Balaban J connectivity index is 2.21. The van der Waals surface area contributed by atoms with Gasteiger partial charge in [0.1, 0.15) is 0 Å². The van der Waals surface area contributed by atoms with Crippen LogP contribution >= 0.6 is 0 Å². The van der Waals surface area contributed by atoms with Gasteiger partial charge in [0.15, 0.2) is 0 Å². The van der Waals surface area contributed by atoms with E-state index in [0.29, 0.717) is 0 Å². The monoisotopic (exact) mass is 241 g/mol. The van der Waals surface area contributed by atoms with E-state index < -0.39 is 0 Å². The largest absolute Gasteiger partial charge is 0.347 e. The average molecular weight is 241 g/mol. The number of nitrogens with two attached hydrogens (primary N) is 1. The lowest BCUT2D eigenvalue weighted by Crippen LogP contribution is -2.41. The first-order valence-electron chi connectivity index (χ1n) is 6.30. The lowest BCUT2D eigenvalue weighted by atomic mass is 10.0. The molecule has 0 aromatic carbocycles. The van der Waals surface area contributed by atoms with Gasteiger partial charge in [-0.25, -0.2) is 0 Å². The number of nitrogens with one attached hydrogen (secondary N) is 1. The van der Waals surface area contributed by atoms with Crippen LogP contribution in [0.2, 0.25) is 0 Å². The highest BCUT2D eigenvalue weighted by molar-refractivity contribution is 5.85. The molecule has 0 aliphatic carbocycles. The molecule has 1 saturated heterocycles. The fourth-order valence-electron chi connectivity index (χ4n) is 1.77. The molecule has 1 fully saturated rings. The molecule has 0 spiro atoms. The highest BCUT2D eigenvalue weighted by Gasteiger charge is 2.19. The predicted octanol–water partition coefficient (Wildman–Crippen LogP) is 0.0984. The van der Waals surface area contributed by atoms with E-state index in [-0.39, 0.29) is 36.7 Å². The van der Waals surface area contributed by atoms with Gasteiger partial charge in [0.05, 0.1) is 6.54 Å². The maximum atomic E-state index is 11.6. The van der Waals surface area contributed by atoms with Crippen LogP contribution in [0.4, 0.5) is 0 Å². The van der Waals surface area contributed by atoms with Gasteiger partial charge in [-0.15, -0.1) is 0 Å². The van der Waals surface area contributed by atoms with Gasteiger partial charge in [-0.05, 0) is 18.8 Å². The SMILES string of the molecule is CC(C)C(N)CC(=O)NCC(=O)N1CCCC1. The molecule has 3 N–H and O–H groups in total. The molecule has 5 nitrogen and oxygen atoms in total. The van der Waals surface area contributed by atoms with Gasteiger partial charge in [0, 0.05) is 25.6 Å². The molecule has 0 radical (unpaired) electrons. The molecule has 2 amide bonds. The second kappa shape index (κ2) is 6.59. The zero-order chi connectivity index (χ0) is 12.8. The summed E-state index contributed by atoms with van der Waals surface area (Å²) >= 11 is 0. The van der Waals surface area contributed by atoms with E-state index in [2.05, 4.69) is 5.32 Å². The van der Waals surface area contributed by atoms with Gasteiger partial charge in [-0.2, -0.15) is 0 Å². The molecule has 17 heavy (non-hydrogen) atoms. The maximum Gasteiger partial charge on any atom is 0.241 e. The highest BCUT2D eigenvalue weighted by atomic mass is 16.2. The van der Waals surface area contributed by atoms with E-state index in [0.717, 1.165) is 25.9 Å². The minimum absolute atomic E-state index is 0.00830. The smallest absolute Gasteiger partial charge is 0.241 e. The third kappa shape index (κ3) is 4.73. The van der Waals surface area contributed by atoms with Crippen LogP contribution in [0.1, 0.15) is 33.1 Å². The van der Waals surface area contributed by atoms with E-state index >= 15 is 0 Å². The Labute approximate surface area is 103 Å². The molecule has 0 aromatic rings. The standard InChI is InChI=1S/C12H23N3O2/c1-9(2)10(13)7-11(16)14-8-12(17)15-5-3-4-6-15/h9-10H,3-8,13H2,1-2H3,(H,14,16). The van der Waals surface area contributed by atoms with Gasteiger partial charge in [0.2, 0.25) is 11.8 Å². The fraction of sp³-hybridized carbons (Fsp3) is 0.833. The molecule has 98 valence electrons. The van der Waals surface area contributed by atoms with Crippen molar-refractivity contribution in [2.24, 2.45) is 11.7 Å². The molecular weight excluding hydrogens is 218 g/mol. The second-order valence-corrected chi connectivity index (χ2v) is 4.98. The maximum absolute atomic E-state index is 11.6. The quantitative estimate of drug-likeness (QED) is 0.716. The van der Waals surface area contributed by atoms with Gasteiger partial charge < -0.3 is 16.0 Å². The van der Waals surface area contributed by atoms with Crippen LogP contribution in [0.5, 0.6) is 0 Å². The Morgan fingerprint density at radius 2 is 1.88 bits per heavy atom. The first kappa shape index (κ1) is 14.0. The van der Waals surface area contributed by atoms with Crippen molar-refractivity contribution in [3.05, 3.63) is 0 Å². The van der Waals surface area contributed by atoms with E-state index in [4.69, 9.17) is 5.73 Å². The normalized spacial score (nSPS) is 17.3. The van der Waals surface area contributed by atoms with Crippen molar-refractivity contribution < 1.29 is 9.59 Å². The predicted molar refractivity (Wildman–Crippen MR) is 66.3 cm³/mol. The van der Waals surface area contributed by atoms with E-state index in [9.17, 15) is 9.59 Å². The van der Waals surface area contributed by atoms with E-state index in [1.54, 1.807) is 4.90 Å². The summed E-state index contributed by atoms with van der Waals surface area (Å²) in [7, 11) is 0. The minimum atomic E-state index is -0.142. The van der Waals surface area contributed by atoms with Crippen LogP contribution in [0.25, 0.3) is 0 Å². The van der Waals surface area contributed by atoms with Gasteiger partial charge in [-0.1, -0.05) is 13.8 Å². The van der Waals surface area contributed by atoms with Crippen molar-refractivity contribution in [1.82, 2.24) is 10.2 Å². The molecule has 1 atom stereocenters. The Hall–Kier alpha value is -1.10. The lowest BCUT2D eigenvalue weighted by Gasteiger charge is -2.17. The number of rotatable bonds is 5. The summed E-state index contributed by atoms with van der Waals surface area (Å²) in [5.74, 6) is 0.141. The van der Waals surface area contributed by atoms with Crippen LogP contribution in [-0.2, 0) is 9.59 Å². The molecule has 1 aliphatic rings. The van der Waals surface area contributed by atoms with E-state index in [1.165, 1.54) is 0 Å². The highest BCUT2D eigenvalue weighted by Crippen LogP contribution is 2.07. The third-order valence-corrected chi connectivity index (χ3v) is 3.17. The summed E-state index contributed by atoms with van der Waals surface area (Å²) in [5, 5.41) is 2.63. The Morgan fingerprint density at radius 1 is 1.29 bits per heavy atom. The molecule has 1 heterocycles. The van der Waals surface area contributed by atoms with Crippen molar-refractivity contribution in [3.63, 3.8) is 0 Å². The molecule has 0 aromatic heterocycles. The Kier molecular flexibility index (Phi) is 5.41. The van der Waals surface area contributed by atoms with E-state index in [1.807, 2.05) is 13.8 Å². The number of likely N-dealkylation sites (tertiary alicyclic amines) is 1. The topological polar surface area (TPSA) is 75.4 Å². The summed E-state index contributed by atoms with van der Waals surface area (Å²) in [5.41, 5.74) is 5.79. The minimum Gasteiger partial charge on any atom is -0.347 e. The van der Waals surface area contributed by atoms with Crippen LogP contribution in [0.3, 0.4) is 0 Å². The summed E-state index contributed by atoms with van der Waals surface area (Å²) in [6.45, 7) is 5.70. The molecule has 0 bridgehead atoms. The number of nitrogens with zero attached hydrogens (tertiary/aromatic N) is 1. The summed E-state index contributed by atoms with van der Waals surface area (Å²) < 4.78 is 0. The lowest BCUT2D eigenvalue weighted by molar-refractivity contribution is -0.132. The molecule has 1 rings (SSSR count). The number of hydrogen-bond acceptors (Lipinski definition) is 3. The average Bonchev–Trinajstić information content (AvgIpc) is 2.79. The van der Waals surface area contributed by atoms with Gasteiger partial charge in [0.25, 0.3) is 0 Å². The summed E-state index contributed by atoms with van der Waals surface area (Å²) in [6, 6.07) is -0.142. The summed E-state index contributed by atoms with van der Waals surface area (Å²) in [4.78, 5) is 25.0. The number of carbonyl (C=O) groups excluding carboxylic acids is 2. The van der Waals surface area contributed by atoms with Crippen LogP contribution in [0, 0.1) is 5.92 Å². The van der Waals surface area contributed by atoms with Crippen molar-refractivity contribution in [2.75, 3.05) is 19.6 Å². The van der Waals surface area contributed by atoms with Crippen LogP contribution in [0.15, 0.2) is 0 Å². The Bertz CT molecular complexity index is 273. The van der Waals surface area contributed by atoms with Crippen molar-refractivity contribution in [1.29, 1.82) is 0 Å². The molecule has 1 aliphatic heterocycles. The van der Waals surface area contributed by atoms with Gasteiger partial charge >= 0.3 is 0 Å². The fourth-order valence-corrected chi connectivity index (χ4v) is 1.77. The number of carbonyl (C=O) groups is 2. The first-order valence-corrected chi connectivity index (χ1v) is 6.30. The molecular formula is C12H23N3O2. The Morgan fingerprint density at radius 3 is 2.41 bits per heavy atom. The molecule has 0 saturated carbocycles. The van der Waals surface area contributed by atoms with Crippen molar-refractivity contribution in [3.8, 4) is 0 Å². The zero-order valence-electron chi connectivity index (χ0n) is 10.7. The van der Waals surface area contributed by atoms with Crippen molar-refractivity contribution in [2.45, 2.75) is 39.2 Å². The molecule has 1 unspecified atom stereocenters. The second-order valence-electron chi connectivity index (χ2n) is 4.98. The third-order valence-electron chi connectivity index (χ3n) is 3.17. The van der Waals surface area contributed by atoms with Crippen LogP contribution in [-0.4, -0.2) is 42.4 Å². The first-order chi connectivity index (χ1) is 8.00. The zero-order valence-corrected chi connectivity index (χ0v) is 10.7. The number of hydrogen-bond donors (Lipinski definition) is 2. The summed E-state index contributed by atoms with van der Waals surface area (Å²) in [6.07, 6.45) is 2.42. The van der Waals surface area contributed by atoms with Crippen molar-refractivity contribution >= 4 is 11.8 Å². The molecule has 5 heteroatoms. The number of amides is 2. The van der Waals surface area contributed by atoms with Gasteiger partial charge in [-0.3, -0.25) is 9.59 Å².